The summed E-state index contributed by atoms with van der Waals surface area (Å²) in [4.78, 5) is 11.1. The molecule has 14 heavy (non-hydrogen) atoms. The van der Waals surface area contributed by atoms with Crippen molar-refractivity contribution in [3.8, 4) is 0 Å². The highest BCUT2D eigenvalue weighted by Gasteiger charge is 2.06. The predicted octanol–water partition coefficient (Wildman–Crippen LogP) is 0.466. The van der Waals surface area contributed by atoms with Gasteiger partial charge in [0.2, 0.25) is 5.91 Å². The summed E-state index contributed by atoms with van der Waals surface area (Å²) in [6.45, 7) is 8.16. The fourth-order valence-corrected chi connectivity index (χ4v) is 0.815. The van der Waals surface area contributed by atoms with Crippen LogP contribution in [0.1, 0.15) is 20.3 Å². The smallest absolute Gasteiger partial charge is 0.246 e. The van der Waals surface area contributed by atoms with E-state index in [1.54, 1.807) is 6.92 Å². The molecule has 0 aliphatic rings. The Bertz CT molecular complexity index is 192. The average molecular weight is 201 g/mol. The lowest BCUT2D eigenvalue weighted by Gasteiger charge is -2.13. The van der Waals surface area contributed by atoms with Crippen molar-refractivity contribution in [2.45, 2.75) is 26.3 Å². The quantitative estimate of drug-likeness (QED) is 0.465. The molecule has 0 rings (SSSR count). The average Bonchev–Trinajstić information content (AvgIpc) is 2.12. The van der Waals surface area contributed by atoms with E-state index in [-0.39, 0.29) is 18.6 Å². The van der Waals surface area contributed by atoms with Gasteiger partial charge in [-0.15, -0.1) is 0 Å². The van der Waals surface area contributed by atoms with Gasteiger partial charge in [-0.3, -0.25) is 4.79 Å². The standard InChI is InChI=1S/C10H19NO3/c1-8(2)10(13)11-9(3)7-14-6-4-5-12/h9,12H,1,4-7H2,2-3H3,(H,11,13). The molecule has 0 saturated carbocycles. The summed E-state index contributed by atoms with van der Waals surface area (Å²) in [5, 5.41) is 11.2. The zero-order chi connectivity index (χ0) is 11.0. The van der Waals surface area contributed by atoms with Gasteiger partial charge in [0.25, 0.3) is 0 Å². The molecule has 82 valence electrons. The highest BCUT2D eigenvalue weighted by atomic mass is 16.5. The fraction of sp³-hybridized carbons (Fsp3) is 0.700. The van der Waals surface area contributed by atoms with Gasteiger partial charge >= 0.3 is 0 Å². The molecule has 0 aliphatic heterocycles. The summed E-state index contributed by atoms with van der Waals surface area (Å²) in [7, 11) is 0. The lowest BCUT2D eigenvalue weighted by molar-refractivity contribution is -0.118. The number of hydrogen-bond acceptors (Lipinski definition) is 3. The van der Waals surface area contributed by atoms with E-state index in [0.29, 0.717) is 25.2 Å². The first-order valence-corrected chi connectivity index (χ1v) is 4.73. The predicted molar refractivity (Wildman–Crippen MR) is 54.9 cm³/mol. The Kier molecular flexibility index (Phi) is 7.06. The van der Waals surface area contributed by atoms with Crippen molar-refractivity contribution in [1.29, 1.82) is 0 Å². The van der Waals surface area contributed by atoms with Gasteiger partial charge in [-0.05, 0) is 20.3 Å². The second-order valence-corrected chi connectivity index (χ2v) is 3.31. The highest BCUT2D eigenvalue weighted by molar-refractivity contribution is 5.92. The zero-order valence-corrected chi connectivity index (χ0v) is 8.88. The van der Waals surface area contributed by atoms with Crippen LogP contribution in [0.4, 0.5) is 0 Å². The third kappa shape index (κ3) is 6.62. The van der Waals surface area contributed by atoms with Gasteiger partial charge in [-0.25, -0.2) is 0 Å². The number of hydrogen-bond donors (Lipinski definition) is 2. The Balaban J connectivity index is 3.50. The van der Waals surface area contributed by atoms with E-state index in [1.807, 2.05) is 6.92 Å². The van der Waals surface area contributed by atoms with Gasteiger partial charge in [-0.1, -0.05) is 6.58 Å². The number of nitrogens with one attached hydrogen (secondary N) is 1. The van der Waals surface area contributed by atoms with Crippen molar-refractivity contribution >= 4 is 5.91 Å². The summed E-state index contributed by atoms with van der Waals surface area (Å²) in [6.07, 6.45) is 0.626. The number of aliphatic hydroxyl groups excluding tert-OH is 1. The van der Waals surface area contributed by atoms with E-state index < -0.39 is 0 Å². The van der Waals surface area contributed by atoms with Gasteiger partial charge in [0.05, 0.1) is 6.61 Å². The van der Waals surface area contributed by atoms with Crippen molar-refractivity contribution < 1.29 is 14.6 Å². The van der Waals surface area contributed by atoms with Crippen LogP contribution < -0.4 is 5.32 Å². The maximum Gasteiger partial charge on any atom is 0.246 e. The van der Waals surface area contributed by atoms with Gasteiger partial charge < -0.3 is 15.2 Å². The van der Waals surface area contributed by atoms with Gasteiger partial charge in [0.1, 0.15) is 0 Å². The number of rotatable bonds is 7. The minimum atomic E-state index is -0.150. The molecule has 0 aliphatic carbocycles. The monoisotopic (exact) mass is 201 g/mol. The van der Waals surface area contributed by atoms with Crippen LogP contribution in [-0.2, 0) is 9.53 Å². The molecule has 4 heteroatoms. The van der Waals surface area contributed by atoms with E-state index >= 15 is 0 Å². The molecule has 2 N–H and O–H groups in total. The molecular formula is C10H19NO3. The Morgan fingerprint density at radius 1 is 1.64 bits per heavy atom. The normalized spacial score (nSPS) is 12.2. The minimum absolute atomic E-state index is 0.0297. The first kappa shape index (κ1) is 13.1. The van der Waals surface area contributed by atoms with Crippen molar-refractivity contribution in [3.63, 3.8) is 0 Å². The maximum atomic E-state index is 11.1. The molecule has 0 aromatic rings. The lowest BCUT2D eigenvalue weighted by atomic mass is 10.3. The minimum Gasteiger partial charge on any atom is -0.396 e. The molecule has 0 bridgehead atoms. The molecule has 1 amide bonds. The Hall–Kier alpha value is -0.870. The Labute approximate surface area is 85.0 Å². The third-order valence-corrected chi connectivity index (χ3v) is 1.58. The van der Waals surface area contributed by atoms with Gasteiger partial charge in [0.15, 0.2) is 0 Å². The molecule has 0 aromatic heterocycles. The SMILES string of the molecule is C=C(C)C(=O)NC(C)COCCCO. The summed E-state index contributed by atoms with van der Waals surface area (Å²) in [5.74, 6) is -0.150. The van der Waals surface area contributed by atoms with Crippen LogP contribution in [0.15, 0.2) is 12.2 Å². The summed E-state index contributed by atoms with van der Waals surface area (Å²) in [5.41, 5.74) is 0.493. The molecule has 0 fully saturated rings. The van der Waals surface area contributed by atoms with Crippen LogP contribution in [0.3, 0.4) is 0 Å². The maximum absolute atomic E-state index is 11.1. The van der Waals surface area contributed by atoms with Crippen molar-refractivity contribution in [1.82, 2.24) is 5.32 Å². The third-order valence-electron chi connectivity index (χ3n) is 1.58. The van der Waals surface area contributed by atoms with Crippen molar-refractivity contribution in [3.05, 3.63) is 12.2 Å². The lowest BCUT2D eigenvalue weighted by Crippen LogP contribution is -2.36. The van der Waals surface area contributed by atoms with Crippen LogP contribution >= 0.6 is 0 Å². The van der Waals surface area contributed by atoms with Crippen LogP contribution in [0, 0.1) is 0 Å². The molecule has 0 heterocycles. The molecular weight excluding hydrogens is 182 g/mol. The molecule has 1 unspecified atom stereocenters. The molecule has 0 aromatic carbocycles. The van der Waals surface area contributed by atoms with E-state index in [0.717, 1.165) is 0 Å². The van der Waals surface area contributed by atoms with Crippen molar-refractivity contribution in [2.24, 2.45) is 0 Å². The van der Waals surface area contributed by atoms with Crippen LogP contribution in [0.25, 0.3) is 0 Å². The Morgan fingerprint density at radius 3 is 2.79 bits per heavy atom. The van der Waals surface area contributed by atoms with Crippen LogP contribution in [0.5, 0.6) is 0 Å². The number of carbonyl (C=O) groups excluding carboxylic acids is 1. The van der Waals surface area contributed by atoms with Gasteiger partial charge in [0, 0.05) is 24.8 Å². The summed E-state index contributed by atoms with van der Waals surface area (Å²) < 4.78 is 5.21. The Morgan fingerprint density at radius 2 is 2.29 bits per heavy atom. The van der Waals surface area contributed by atoms with Gasteiger partial charge in [-0.2, -0.15) is 0 Å². The topological polar surface area (TPSA) is 58.6 Å². The zero-order valence-electron chi connectivity index (χ0n) is 8.88. The second-order valence-electron chi connectivity index (χ2n) is 3.31. The van der Waals surface area contributed by atoms with E-state index in [9.17, 15) is 4.79 Å². The summed E-state index contributed by atoms with van der Waals surface area (Å²) >= 11 is 0. The number of carbonyl (C=O) groups is 1. The van der Waals surface area contributed by atoms with Crippen LogP contribution in [0.2, 0.25) is 0 Å². The first-order chi connectivity index (χ1) is 6.57. The molecule has 0 saturated heterocycles. The largest absolute Gasteiger partial charge is 0.396 e. The second kappa shape index (κ2) is 7.53. The van der Waals surface area contributed by atoms with Crippen molar-refractivity contribution in [2.75, 3.05) is 19.8 Å². The summed E-state index contributed by atoms with van der Waals surface area (Å²) in [6, 6.07) is -0.0297. The molecule has 1 atom stereocenters. The number of amides is 1. The number of aliphatic hydroxyl groups is 1. The molecule has 4 nitrogen and oxygen atoms in total. The van der Waals surface area contributed by atoms with Crippen LogP contribution in [-0.4, -0.2) is 36.9 Å². The fourth-order valence-electron chi connectivity index (χ4n) is 0.815. The number of ether oxygens (including phenoxy) is 1. The highest BCUT2D eigenvalue weighted by Crippen LogP contribution is 1.91. The van der Waals surface area contributed by atoms with E-state index in [4.69, 9.17) is 9.84 Å². The first-order valence-electron chi connectivity index (χ1n) is 4.73. The molecule has 0 spiro atoms. The molecule has 0 radical (unpaired) electrons. The van der Waals surface area contributed by atoms with E-state index in [2.05, 4.69) is 11.9 Å². The van der Waals surface area contributed by atoms with E-state index in [1.165, 1.54) is 0 Å².